The van der Waals surface area contributed by atoms with Gasteiger partial charge in [0.25, 0.3) is 0 Å². The van der Waals surface area contributed by atoms with Crippen LogP contribution in [0.25, 0.3) is 0 Å². The second-order valence-electron chi connectivity index (χ2n) is 4.80. The van der Waals surface area contributed by atoms with Gasteiger partial charge in [-0.15, -0.1) is 12.4 Å². The summed E-state index contributed by atoms with van der Waals surface area (Å²) in [4.78, 5) is 0. The Hall–Kier alpha value is -0.730. The molecule has 0 saturated heterocycles. The molecular weight excluding hydrogens is 234 g/mol. The molecule has 0 aromatic heterocycles. The molecule has 1 aliphatic carbocycles. The summed E-state index contributed by atoms with van der Waals surface area (Å²) in [6.45, 7) is 1.08. The van der Waals surface area contributed by atoms with Gasteiger partial charge in [-0.05, 0) is 56.0 Å². The average molecular weight is 256 g/mol. The summed E-state index contributed by atoms with van der Waals surface area (Å²) in [7, 11) is 2.02. The molecule has 96 valence electrons. The summed E-state index contributed by atoms with van der Waals surface area (Å²) in [5, 5.41) is 12.8. The van der Waals surface area contributed by atoms with Crippen LogP contribution >= 0.6 is 12.4 Å². The first-order chi connectivity index (χ1) is 7.81. The Labute approximate surface area is 110 Å². The van der Waals surface area contributed by atoms with Crippen LogP contribution in [0.4, 0.5) is 0 Å². The van der Waals surface area contributed by atoms with Crippen molar-refractivity contribution in [1.29, 1.82) is 0 Å². The smallest absolute Gasteiger partial charge is 0.115 e. The van der Waals surface area contributed by atoms with Crippen LogP contribution in [0, 0.1) is 5.92 Å². The number of halogens is 1. The van der Waals surface area contributed by atoms with E-state index in [1.165, 1.54) is 31.2 Å². The highest BCUT2D eigenvalue weighted by molar-refractivity contribution is 5.85. The fourth-order valence-electron chi connectivity index (χ4n) is 2.91. The molecule has 0 spiro atoms. The predicted molar refractivity (Wildman–Crippen MR) is 74.0 cm³/mol. The van der Waals surface area contributed by atoms with E-state index < -0.39 is 0 Å². The Morgan fingerprint density at radius 2 is 2.06 bits per heavy atom. The molecule has 1 aliphatic rings. The fraction of sp³-hybridized carbons (Fsp3) is 0.571. The molecule has 1 aromatic carbocycles. The first kappa shape index (κ1) is 14.3. The molecule has 0 bridgehead atoms. The highest BCUT2D eigenvalue weighted by Crippen LogP contribution is 2.38. The minimum Gasteiger partial charge on any atom is -0.508 e. The number of benzene rings is 1. The molecule has 0 unspecified atom stereocenters. The molecule has 2 rings (SSSR count). The van der Waals surface area contributed by atoms with Gasteiger partial charge < -0.3 is 10.4 Å². The van der Waals surface area contributed by atoms with Crippen LogP contribution in [-0.4, -0.2) is 18.7 Å². The number of nitrogens with one attached hydrogen (secondary N) is 1. The molecule has 1 saturated carbocycles. The van der Waals surface area contributed by atoms with Gasteiger partial charge in [0.15, 0.2) is 0 Å². The third-order valence-corrected chi connectivity index (χ3v) is 3.67. The molecule has 0 amide bonds. The first-order valence-corrected chi connectivity index (χ1v) is 6.25. The van der Waals surface area contributed by atoms with E-state index in [0.29, 0.717) is 11.7 Å². The van der Waals surface area contributed by atoms with Gasteiger partial charge in [-0.1, -0.05) is 25.0 Å². The maximum atomic E-state index is 9.54. The van der Waals surface area contributed by atoms with E-state index in [2.05, 4.69) is 11.4 Å². The van der Waals surface area contributed by atoms with Crippen molar-refractivity contribution in [3.63, 3.8) is 0 Å². The zero-order valence-corrected chi connectivity index (χ0v) is 11.2. The molecular formula is C14H22ClNO. The van der Waals surface area contributed by atoms with Crippen molar-refractivity contribution < 1.29 is 5.11 Å². The summed E-state index contributed by atoms with van der Waals surface area (Å²) < 4.78 is 0. The van der Waals surface area contributed by atoms with E-state index in [1.807, 2.05) is 19.2 Å². The Morgan fingerprint density at radius 1 is 1.29 bits per heavy atom. The Bertz CT molecular complexity index is 341. The molecule has 0 aliphatic heterocycles. The lowest BCUT2D eigenvalue weighted by Crippen LogP contribution is -2.27. The van der Waals surface area contributed by atoms with Gasteiger partial charge in [-0.25, -0.2) is 0 Å². The van der Waals surface area contributed by atoms with Gasteiger partial charge in [0.2, 0.25) is 0 Å². The second kappa shape index (κ2) is 6.87. The number of rotatable bonds is 3. The summed E-state index contributed by atoms with van der Waals surface area (Å²) in [6, 6.07) is 7.78. The molecule has 0 radical (unpaired) electrons. The number of phenols is 1. The maximum Gasteiger partial charge on any atom is 0.115 e. The lowest BCUT2D eigenvalue weighted by atomic mass is 9.75. The largest absolute Gasteiger partial charge is 0.508 e. The maximum absolute atomic E-state index is 9.54. The van der Waals surface area contributed by atoms with Crippen molar-refractivity contribution in [2.24, 2.45) is 5.92 Å². The minimum atomic E-state index is 0. The van der Waals surface area contributed by atoms with Crippen molar-refractivity contribution in [2.45, 2.75) is 31.6 Å². The van der Waals surface area contributed by atoms with Crippen molar-refractivity contribution in [2.75, 3.05) is 13.6 Å². The summed E-state index contributed by atoms with van der Waals surface area (Å²) in [5.74, 6) is 1.74. The van der Waals surface area contributed by atoms with E-state index in [9.17, 15) is 5.11 Å². The van der Waals surface area contributed by atoms with Gasteiger partial charge in [0, 0.05) is 0 Å². The van der Waals surface area contributed by atoms with Crippen LogP contribution in [0.2, 0.25) is 0 Å². The number of hydrogen-bond donors (Lipinski definition) is 2. The normalized spacial score (nSPS) is 24.1. The van der Waals surface area contributed by atoms with Gasteiger partial charge >= 0.3 is 0 Å². The Kier molecular flexibility index (Phi) is 5.79. The summed E-state index contributed by atoms with van der Waals surface area (Å²) >= 11 is 0. The lowest BCUT2D eigenvalue weighted by molar-refractivity contribution is 0.300. The highest BCUT2D eigenvalue weighted by Gasteiger charge is 2.25. The molecule has 3 heteroatoms. The Morgan fingerprint density at radius 3 is 2.76 bits per heavy atom. The zero-order chi connectivity index (χ0) is 11.4. The number of aromatic hydroxyl groups is 1. The SMILES string of the molecule is CNC[C@@H]1CCCC[C@H]1c1cccc(O)c1.Cl. The molecule has 2 N–H and O–H groups in total. The second-order valence-corrected chi connectivity index (χ2v) is 4.80. The van der Waals surface area contributed by atoms with E-state index in [1.54, 1.807) is 6.07 Å². The van der Waals surface area contributed by atoms with Gasteiger partial charge in [-0.3, -0.25) is 0 Å². The monoisotopic (exact) mass is 255 g/mol. The van der Waals surface area contributed by atoms with Crippen LogP contribution in [-0.2, 0) is 0 Å². The van der Waals surface area contributed by atoms with Crippen LogP contribution in [0.15, 0.2) is 24.3 Å². The van der Waals surface area contributed by atoms with Crippen LogP contribution in [0.3, 0.4) is 0 Å². The van der Waals surface area contributed by atoms with Gasteiger partial charge in [0.05, 0.1) is 0 Å². The quantitative estimate of drug-likeness (QED) is 0.869. The van der Waals surface area contributed by atoms with Crippen LogP contribution in [0.1, 0.15) is 37.2 Å². The topological polar surface area (TPSA) is 32.3 Å². The number of hydrogen-bond acceptors (Lipinski definition) is 2. The molecule has 1 aromatic rings. The van der Waals surface area contributed by atoms with Crippen molar-refractivity contribution >= 4 is 12.4 Å². The van der Waals surface area contributed by atoms with Crippen LogP contribution in [0.5, 0.6) is 5.75 Å². The fourth-order valence-corrected chi connectivity index (χ4v) is 2.91. The standard InChI is InChI=1S/C14H21NO.ClH/c1-15-10-12-5-2-3-8-14(12)11-6-4-7-13(16)9-11;/h4,6-7,9,12,14-16H,2-3,5,8,10H2,1H3;1H/t12-,14-;/m0./s1. The first-order valence-electron chi connectivity index (χ1n) is 6.25. The zero-order valence-electron chi connectivity index (χ0n) is 10.4. The van der Waals surface area contributed by atoms with Gasteiger partial charge in [0.1, 0.15) is 5.75 Å². The van der Waals surface area contributed by atoms with Crippen molar-refractivity contribution in [3.8, 4) is 5.75 Å². The van der Waals surface area contributed by atoms with E-state index in [-0.39, 0.29) is 12.4 Å². The predicted octanol–water partition coefficient (Wildman–Crippen LogP) is 3.31. The third-order valence-electron chi connectivity index (χ3n) is 3.67. The van der Waals surface area contributed by atoms with E-state index in [4.69, 9.17) is 0 Å². The summed E-state index contributed by atoms with van der Waals surface area (Å²) in [6.07, 6.45) is 5.24. The minimum absolute atomic E-state index is 0. The van der Waals surface area contributed by atoms with E-state index >= 15 is 0 Å². The average Bonchev–Trinajstić information content (AvgIpc) is 2.30. The Balaban J connectivity index is 0.00000144. The highest BCUT2D eigenvalue weighted by atomic mass is 35.5. The molecule has 2 atom stereocenters. The van der Waals surface area contributed by atoms with Crippen LogP contribution < -0.4 is 5.32 Å². The number of phenolic OH excluding ortho intramolecular Hbond substituents is 1. The van der Waals surface area contributed by atoms with Gasteiger partial charge in [-0.2, -0.15) is 0 Å². The summed E-state index contributed by atoms with van der Waals surface area (Å²) in [5.41, 5.74) is 1.31. The molecule has 2 nitrogen and oxygen atoms in total. The third kappa shape index (κ3) is 3.62. The molecule has 17 heavy (non-hydrogen) atoms. The van der Waals surface area contributed by atoms with Crippen molar-refractivity contribution in [1.82, 2.24) is 5.32 Å². The molecule has 0 heterocycles. The molecule has 1 fully saturated rings. The van der Waals surface area contributed by atoms with E-state index in [0.717, 1.165) is 12.5 Å². The van der Waals surface area contributed by atoms with Crippen molar-refractivity contribution in [3.05, 3.63) is 29.8 Å². The lowest BCUT2D eigenvalue weighted by Gasteiger charge is -2.31.